The van der Waals surface area contributed by atoms with Crippen LogP contribution < -0.4 is 11.3 Å². The van der Waals surface area contributed by atoms with Crippen molar-refractivity contribution in [2.24, 2.45) is 0 Å². The Hall–Kier alpha value is -1.77. The van der Waals surface area contributed by atoms with E-state index in [1.807, 2.05) is 25.1 Å². The molecular weight excluding hydrogens is 164 g/mol. The summed E-state index contributed by atoms with van der Waals surface area (Å²) in [7, 11) is 0. The summed E-state index contributed by atoms with van der Waals surface area (Å²) in [6, 6.07) is 7.12. The van der Waals surface area contributed by atoms with Crippen molar-refractivity contribution in [3.8, 4) is 0 Å². The minimum Gasteiger partial charge on any atom is -0.398 e. The molecule has 0 saturated carbocycles. The molecule has 0 fully saturated rings. The zero-order valence-electron chi connectivity index (χ0n) is 7.29. The Labute approximate surface area is 75.2 Å². The van der Waals surface area contributed by atoms with E-state index in [-0.39, 0.29) is 5.56 Å². The monoisotopic (exact) mass is 174 g/mol. The second kappa shape index (κ2) is 2.62. The molecule has 0 spiro atoms. The van der Waals surface area contributed by atoms with Crippen molar-refractivity contribution in [1.29, 1.82) is 0 Å². The number of pyridine rings is 1. The van der Waals surface area contributed by atoms with E-state index in [1.54, 1.807) is 0 Å². The number of nitrogen functional groups attached to an aromatic ring is 1. The van der Waals surface area contributed by atoms with E-state index in [1.165, 1.54) is 6.07 Å². The molecule has 0 amide bonds. The second-order valence-electron chi connectivity index (χ2n) is 3.09. The van der Waals surface area contributed by atoms with Crippen molar-refractivity contribution in [3.05, 3.63) is 40.2 Å². The summed E-state index contributed by atoms with van der Waals surface area (Å²) in [5, 5.41) is 0.933. The summed E-state index contributed by atoms with van der Waals surface area (Å²) in [5.74, 6) is 0. The molecule has 3 heteroatoms. The Morgan fingerprint density at radius 3 is 2.92 bits per heavy atom. The Morgan fingerprint density at radius 2 is 2.15 bits per heavy atom. The maximum Gasteiger partial charge on any atom is 0.250 e. The molecule has 3 N–H and O–H groups in total. The van der Waals surface area contributed by atoms with Crippen LogP contribution in [0.4, 0.5) is 5.69 Å². The van der Waals surface area contributed by atoms with Gasteiger partial charge in [0.1, 0.15) is 0 Å². The lowest BCUT2D eigenvalue weighted by atomic mass is 10.1. The van der Waals surface area contributed by atoms with Gasteiger partial charge >= 0.3 is 0 Å². The fourth-order valence-corrected chi connectivity index (χ4v) is 1.54. The van der Waals surface area contributed by atoms with Crippen LogP contribution >= 0.6 is 0 Å². The van der Waals surface area contributed by atoms with Crippen molar-refractivity contribution < 1.29 is 0 Å². The van der Waals surface area contributed by atoms with Gasteiger partial charge in [-0.2, -0.15) is 0 Å². The van der Waals surface area contributed by atoms with E-state index in [0.717, 1.165) is 16.5 Å². The molecule has 3 nitrogen and oxygen atoms in total. The molecule has 1 aromatic carbocycles. The van der Waals surface area contributed by atoms with E-state index in [4.69, 9.17) is 5.73 Å². The molecule has 0 bridgehead atoms. The van der Waals surface area contributed by atoms with Crippen LogP contribution in [0, 0.1) is 6.92 Å². The molecule has 1 aromatic heterocycles. The van der Waals surface area contributed by atoms with Gasteiger partial charge in [0.25, 0.3) is 0 Å². The average Bonchev–Trinajstić information content (AvgIpc) is 2.02. The Bertz CT molecular complexity index is 514. The summed E-state index contributed by atoms with van der Waals surface area (Å²) < 4.78 is 0. The number of hydrogen-bond donors (Lipinski definition) is 2. The molecule has 0 unspecified atom stereocenters. The van der Waals surface area contributed by atoms with Gasteiger partial charge in [-0.15, -0.1) is 0 Å². The molecule has 1 heterocycles. The minimum atomic E-state index is -0.157. The lowest BCUT2D eigenvalue weighted by Gasteiger charge is -2.03. The van der Waals surface area contributed by atoms with Crippen LogP contribution in [0.3, 0.4) is 0 Å². The van der Waals surface area contributed by atoms with Crippen LogP contribution in [0.25, 0.3) is 10.9 Å². The summed E-state index contributed by atoms with van der Waals surface area (Å²) in [5.41, 5.74) is 7.99. The Balaban J connectivity index is 3.03. The molecule has 13 heavy (non-hydrogen) atoms. The molecule has 0 aliphatic heterocycles. The first-order valence-corrected chi connectivity index (χ1v) is 4.06. The normalized spacial score (nSPS) is 10.5. The van der Waals surface area contributed by atoms with Crippen LogP contribution in [0.15, 0.2) is 29.1 Å². The smallest absolute Gasteiger partial charge is 0.250 e. The van der Waals surface area contributed by atoms with Crippen LogP contribution in [0.1, 0.15) is 5.56 Å². The number of H-pyrrole nitrogens is 1. The number of aromatic nitrogens is 1. The van der Waals surface area contributed by atoms with Crippen LogP contribution in [-0.4, -0.2) is 4.98 Å². The number of nitrogens with one attached hydrogen (secondary N) is 1. The quantitative estimate of drug-likeness (QED) is 0.634. The molecule has 0 aliphatic rings. The van der Waals surface area contributed by atoms with Crippen molar-refractivity contribution in [3.63, 3.8) is 0 Å². The molecule has 0 aliphatic carbocycles. The molecule has 0 atom stereocenters. The zero-order valence-corrected chi connectivity index (χ0v) is 7.29. The summed E-state index contributed by atoms with van der Waals surface area (Å²) in [6.45, 7) is 1.97. The third kappa shape index (κ3) is 1.18. The number of rotatable bonds is 0. The molecule has 2 rings (SSSR count). The van der Waals surface area contributed by atoms with Crippen LogP contribution in [-0.2, 0) is 0 Å². The van der Waals surface area contributed by atoms with Crippen LogP contribution in [0.5, 0.6) is 0 Å². The van der Waals surface area contributed by atoms with Gasteiger partial charge < -0.3 is 10.7 Å². The number of aryl methyl sites for hydroxylation is 1. The number of anilines is 1. The largest absolute Gasteiger partial charge is 0.398 e. The van der Waals surface area contributed by atoms with E-state index in [0.29, 0.717) is 5.69 Å². The highest BCUT2D eigenvalue weighted by Crippen LogP contribution is 2.20. The number of hydrogen-bond acceptors (Lipinski definition) is 2. The predicted octanol–water partition coefficient (Wildman–Crippen LogP) is 1.42. The first-order chi connectivity index (χ1) is 6.18. The first kappa shape index (κ1) is 7.86. The Kier molecular flexibility index (Phi) is 1.59. The number of fused-ring (bicyclic) bond motifs is 1. The number of aromatic amines is 1. The second-order valence-corrected chi connectivity index (χ2v) is 3.09. The molecule has 2 aromatic rings. The lowest BCUT2D eigenvalue weighted by Crippen LogP contribution is -2.06. The molecule has 0 radical (unpaired) electrons. The van der Waals surface area contributed by atoms with Crippen molar-refractivity contribution in [1.82, 2.24) is 4.98 Å². The van der Waals surface area contributed by atoms with Gasteiger partial charge in [-0.05, 0) is 18.6 Å². The van der Waals surface area contributed by atoms with Crippen molar-refractivity contribution >= 4 is 16.6 Å². The van der Waals surface area contributed by atoms with Gasteiger partial charge in [0, 0.05) is 17.1 Å². The molecular formula is C10H10N2O. The van der Waals surface area contributed by atoms with Gasteiger partial charge in [-0.25, -0.2) is 0 Å². The summed E-state index contributed by atoms with van der Waals surface area (Å²) >= 11 is 0. The van der Waals surface area contributed by atoms with Gasteiger partial charge in [0.15, 0.2) is 0 Å². The van der Waals surface area contributed by atoms with Gasteiger partial charge in [0.2, 0.25) is 5.56 Å². The lowest BCUT2D eigenvalue weighted by molar-refractivity contribution is 1.30. The highest BCUT2D eigenvalue weighted by atomic mass is 16.1. The third-order valence-electron chi connectivity index (χ3n) is 2.11. The van der Waals surface area contributed by atoms with E-state index >= 15 is 0 Å². The topological polar surface area (TPSA) is 58.9 Å². The summed E-state index contributed by atoms with van der Waals surface area (Å²) in [6.07, 6.45) is 0. The summed E-state index contributed by atoms with van der Waals surface area (Å²) in [4.78, 5) is 13.8. The van der Waals surface area contributed by atoms with E-state index in [2.05, 4.69) is 4.98 Å². The first-order valence-electron chi connectivity index (χ1n) is 4.06. The fraction of sp³-hybridized carbons (Fsp3) is 0.100. The highest BCUT2D eigenvalue weighted by Gasteiger charge is 2.01. The van der Waals surface area contributed by atoms with Crippen LogP contribution in [0.2, 0.25) is 0 Å². The standard InChI is InChI=1S/C10H10N2O/c1-6-3-2-4-8-10(6)7(11)5-9(13)12-8/h2-5H,1H3,(H3,11,12,13). The van der Waals surface area contributed by atoms with E-state index in [9.17, 15) is 4.79 Å². The van der Waals surface area contributed by atoms with Crippen molar-refractivity contribution in [2.45, 2.75) is 6.92 Å². The van der Waals surface area contributed by atoms with Crippen molar-refractivity contribution in [2.75, 3.05) is 5.73 Å². The SMILES string of the molecule is Cc1cccc2[nH]c(=O)cc(N)c12. The van der Waals surface area contributed by atoms with Gasteiger partial charge in [-0.3, -0.25) is 4.79 Å². The fourth-order valence-electron chi connectivity index (χ4n) is 1.54. The third-order valence-corrected chi connectivity index (χ3v) is 2.11. The Morgan fingerprint density at radius 1 is 1.38 bits per heavy atom. The number of nitrogens with two attached hydrogens (primary N) is 1. The predicted molar refractivity (Wildman–Crippen MR) is 53.7 cm³/mol. The maximum absolute atomic E-state index is 11.1. The van der Waals surface area contributed by atoms with Gasteiger partial charge in [-0.1, -0.05) is 12.1 Å². The average molecular weight is 174 g/mol. The molecule has 66 valence electrons. The molecule has 0 saturated heterocycles. The highest BCUT2D eigenvalue weighted by molar-refractivity contribution is 5.92. The minimum absolute atomic E-state index is 0.157. The zero-order chi connectivity index (χ0) is 9.42. The van der Waals surface area contributed by atoms with Gasteiger partial charge in [0.05, 0.1) is 5.52 Å². The van der Waals surface area contributed by atoms with E-state index < -0.39 is 0 Å². The maximum atomic E-state index is 11.1. The number of benzene rings is 1.